The number of hydrogen-bond donors (Lipinski definition) is 2. The molecule has 0 radical (unpaired) electrons. The third-order valence-corrected chi connectivity index (χ3v) is 5.55. The van der Waals surface area contributed by atoms with Crippen LogP contribution in [0.4, 0.5) is 0 Å². The van der Waals surface area contributed by atoms with Crippen LogP contribution in [0.25, 0.3) is 5.76 Å². The van der Waals surface area contributed by atoms with E-state index < -0.39 is 17.7 Å². The predicted octanol–water partition coefficient (Wildman–Crippen LogP) is 4.03. The Kier molecular flexibility index (Phi) is 7.48. The van der Waals surface area contributed by atoms with Gasteiger partial charge in [0.25, 0.3) is 11.7 Å². The molecule has 176 valence electrons. The van der Waals surface area contributed by atoms with Gasteiger partial charge in [0.05, 0.1) is 32.4 Å². The average Bonchev–Trinajstić information content (AvgIpc) is 3.08. The van der Waals surface area contributed by atoms with Gasteiger partial charge in [-0.2, -0.15) is 0 Å². The van der Waals surface area contributed by atoms with E-state index in [-0.39, 0.29) is 22.8 Å². The molecule has 8 nitrogen and oxygen atoms in total. The molecular weight excluding hydrogens is 426 g/mol. The van der Waals surface area contributed by atoms with Crippen molar-refractivity contribution in [2.24, 2.45) is 0 Å². The number of likely N-dealkylation sites (tertiary alicyclic amines) is 1. The third-order valence-electron chi connectivity index (χ3n) is 5.55. The highest BCUT2D eigenvalue weighted by Crippen LogP contribution is 2.42. The fourth-order valence-corrected chi connectivity index (χ4v) is 3.90. The Balaban J connectivity index is 2.20. The van der Waals surface area contributed by atoms with Gasteiger partial charge in [-0.15, -0.1) is 0 Å². The first kappa shape index (κ1) is 24.0. The van der Waals surface area contributed by atoms with Crippen LogP contribution in [-0.2, 0) is 9.59 Å². The molecule has 1 unspecified atom stereocenters. The molecule has 1 amide bonds. The summed E-state index contributed by atoms with van der Waals surface area (Å²) in [5, 5.41) is 21.3. The van der Waals surface area contributed by atoms with Crippen molar-refractivity contribution in [3.63, 3.8) is 0 Å². The number of Topliss-reactive ketones (excluding diaryl/α,β-unsaturated/α-hetero) is 1. The Morgan fingerprint density at radius 3 is 2.36 bits per heavy atom. The summed E-state index contributed by atoms with van der Waals surface area (Å²) in [6.07, 6.45) is 1.52. The van der Waals surface area contributed by atoms with E-state index in [4.69, 9.17) is 14.2 Å². The van der Waals surface area contributed by atoms with Crippen molar-refractivity contribution in [2.75, 3.05) is 27.4 Å². The normalized spacial score (nSPS) is 17.3. The Hall–Kier alpha value is -3.68. The Labute approximate surface area is 193 Å². The molecule has 0 aliphatic carbocycles. The minimum atomic E-state index is -0.829. The fourth-order valence-electron chi connectivity index (χ4n) is 3.90. The van der Waals surface area contributed by atoms with Gasteiger partial charge in [-0.05, 0) is 49.2 Å². The molecule has 2 aromatic carbocycles. The Morgan fingerprint density at radius 1 is 1.00 bits per heavy atom. The number of ketones is 1. The van der Waals surface area contributed by atoms with E-state index in [1.54, 1.807) is 37.3 Å². The van der Waals surface area contributed by atoms with Crippen molar-refractivity contribution in [2.45, 2.75) is 32.7 Å². The molecule has 2 aromatic rings. The number of benzene rings is 2. The van der Waals surface area contributed by atoms with Gasteiger partial charge in [-0.3, -0.25) is 9.59 Å². The minimum absolute atomic E-state index is 0.0311. The van der Waals surface area contributed by atoms with Gasteiger partial charge in [0.1, 0.15) is 5.76 Å². The summed E-state index contributed by atoms with van der Waals surface area (Å²) in [5.74, 6) is -0.732. The second kappa shape index (κ2) is 10.3. The highest BCUT2D eigenvalue weighted by Gasteiger charge is 2.46. The maximum absolute atomic E-state index is 13.1. The summed E-state index contributed by atoms with van der Waals surface area (Å²) in [4.78, 5) is 27.5. The predicted molar refractivity (Wildman–Crippen MR) is 123 cm³/mol. The number of carbonyl (C=O) groups excluding carboxylic acids is 2. The van der Waals surface area contributed by atoms with E-state index in [9.17, 15) is 19.8 Å². The first-order chi connectivity index (χ1) is 15.9. The highest BCUT2D eigenvalue weighted by molar-refractivity contribution is 6.46. The summed E-state index contributed by atoms with van der Waals surface area (Å²) in [6, 6.07) is 8.60. The number of methoxy groups -OCH3 is 2. The quantitative estimate of drug-likeness (QED) is 0.334. The van der Waals surface area contributed by atoms with Crippen LogP contribution in [0.1, 0.15) is 43.9 Å². The van der Waals surface area contributed by atoms with Crippen LogP contribution in [0.5, 0.6) is 23.0 Å². The maximum Gasteiger partial charge on any atom is 0.295 e. The molecule has 1 fully saturated rings. The Morgan fingerprint density at radius 2 is 1.73 bits per heavy atom. The summed E-state index contributed by atoms with van der Waals surface area (Å²) < 4.78 is 16.1. The topological polar surface area (TPSA) is 106 Å². The first-order valence-corrected chi connectivity index (χ1v) is 10.8. The monoisotopic (exact) mass is 455 g/mol. The number of aromatic hydroxyl groups is 1. The average molecular weight is 456 g/mol. The number of aliphatic hydroxyl groups excluding tert-OH is 1. The molecule has 8 heteroatoms. The number of hydrogen-bond acceptors (Lipinski definition) is 7. The van der Waals surface area contributed by atoms with Gasteiger partial charge in [0.2, 0.25) is 0 Å². The second-order valence-electron chi connectivity index (χ2n) is 7.58. The summed E-state index contributed by atoms with van der Waals surface area (Å²) in [6.45, 7) is 4.46. The van der Waals surface area contributed by atoms with Crippen LogP contribution in [0.2, 0.25) is 0 Å². The van der Waals surface area contributed by atoms with Gasteiger partial charge in [0, 0.05) is 12.1 Å². The standard InChI is InChI=1S/C25H29NO7/c1-5-7-12-26-22(15-8-10-17(27)19(13-15)33-6-2)21(24(29)25(26)30)23(28)16-9-11-18(31-3)20(14-16)32-4/h8-11,13-14,22,27-28H,5-7,12H2,1-4H3/b23-21-. The summed E-state index contributed by atoms with van der Waals surface area (Å²) >= 11 is 0. The van der Waals surface area contributed by atoms with Crippen LogP contribution < -0.4 is 14.2 Å². The van der Waals surface area contributed by atoms with E-state index in [0.29, 0.717) is 42.2 Å². The molecule has 0 bridgehead atoms. The van der Waals surface area contributed by atoms with Crippen LogP contribution in [0.15, 0.2) is 42.0 Å². The van der Waals surface area contributed by atoms with E-state index in [2.05, 4.69) is 0 Å². The number of amides is 1. The number of rotatable bonds is 9. The van der Waals surface area contributed by atoms with Crippen molar-refractivity contribution < 1.29 is 34.0 Å². The number of unbranched alkanes of at least 4 members (excludes halogenated alkanes) is 1. The number of phenols is 1. The van der Waals surface area contributed by atoms with Gasteiger partial charge in [-0.25, -0.2) is 0 Å². The van der Waals surface area contributed by atoms with Gasteiger partial charge in [0.15, 0.2) is 23.0 Å². The van der Waals surface area contributed by atoms with Crippen LogP contribution in [0, 0.1) is 0 Å². The Bertz CT molecular complexity index is 1080. The largest absolute Gasteiger partial charge is 0.507 e. The zero-order valence-corrected chi connectivity index (χ0v) is 19.3. The molecule has 0 spiro atoms. The number of phenolic OH excluding ortho intramolecular Hbond substituents is 1. The smallest absolute Gasteiger partial charge is 0.295 e. The van der Waals surface area contributed by atoms with E-state index in [1.165, 1.54) is 25.2 Å². The fraction of sp³-hybridized carbons (Fsp3) is 0.360. The highest BCUT2D eigenvalue weighted by atomic mass is 16.5. The van der Waals surface area contributed by atoms with Gasteiger partial charge >= 0.3 is 0 Å². The molecule has 0 aromatic heterocycles. The van der Waals surface area contributed by atoms with Gasteiger partial charge in [-0.1, -0.05) is 19.4 Å². The molecule has 2 N–H and O–H groups in total. The van der Waals surface area contributed by atoms with Crippen LogP contribution in [0.3, 0.4) is 0 Å². The SMILES string of the molecule is CCCCN1C(=O)C(=O)/C(=C(\O)c2ccc(OC)c(OC)c2)C1c1ccc(O)c(OCC)c1. The lowest BCUT2D eigenvalue weighted by molar-refractivity contribution is -0.139. The van der Waals surface area contributed by atoms with Crippen molar-refractivity contribution in [3.8, 4) is 23.0 Å². The minimum Gasteiger partial charge on any atom is -0.507 e. The molecular formula is C25H29NO7. The first-order valence-electron chi connectivity index (χ1n) is 10.8. The van der Waals surface area contributed by atoms with E-state index >= 15 is 0 Å². The molecule has 0 saturated carbocycles. The van der Waals surface area contributed by atoms with Crippen molar-refractivity contribution in [3.05, 3.63) is 53.1 Å². The molecule has 33 heavy (non-hydrogen) atoms. The van der Waals surface area contributed by atoms with E-state index in [1.807, 2.05) is 6.92 Å². The van der Waals surface area contributed by atoms with Crippen LogP contribution >= 0.6 is 0 Å². The second-order valence-corrected chi connectivity index (χ2v) is 7.58. The maximum atomic E-state index is 13.1. The number of nitrogens with zero attached hydrogens (tertiary/aromatic N) is 1. The number of carbonyl (C=O) groups is 2. The summed E-state index contributed by atoms with van der Waals surface area (Å²) in [7, 11) is 2.97. The van der Waals surface area contributed by atoms with Crippen molar-refractivity contribution in [1.82, 2.24) is 4.90 Å². The molecule has 1 aliphatic heterocycles. The van der Waals surface area contributed by atoms with Crippen molar-refractivity contribution >= 4 is 17.4 Å². The molecule has 1 atom stereocenters. The molecule has 3 rings (SSSR count). The zero-order valence-electron chi connectivity index (χ0n) is 19.3. The molecule has 1 heterocycles. The number of aliphatic hydroxyl groups is 1. The van der Waals surface area contributed by atoms with E-state index in [0.717, 1.165) is 6.42 Å². The lowest BCUT2D eigenvalue weighted by atomic mass is 9.94. The zero-order chi connectivity index (χ0) is 24.1. The third kappa shape index (κ3) is 4.60. The number of ether oxygens (including phenoxy) is 3. The van der Waals surface area contributed by atoms with Gasteiger partial charge < -0.3 is 29.3 Å². The lowest BCUT2D eigenvalue weighted by Gasteiger charge is -2.25. The molecule has 1 aliphatic rings. The molecule has 1 saturated heterocycles. The lowest BCUT2D eigenvalue weighted by Crippen LogP contribution is -2.30. The summed E-state index contributed by atoms with van der Waals surface area (Å²) in [5.41, 5.74) is 0.833. The van der Waals surface area contributed by atoms with Crippen molar-refractivity contribution in [1.29, 1.82) is 0 Å². The van der Waals surface area contributed by atoms with Crippen LogP contribution in [-0.4, -0.2) is 54.2 Å².